The van der Waals surface area contributed by atoms with Crippen LogP contribution < -0.4 is 9.47 Å². The monoisotopic (exact) mass is 342 g/mol. The molecule has 2 aromatic carbocycles. The summed E-state index contributed by atoms with van der Waals surface area (Å²) in [6.07, 6.45) is 0. The van der Waals surface area contributed by atoms with Crippen LogP contribution in [0, 0.1) is 20.8 Å². The van der Waals surface area contributed by atoms with Crippen molar-refractivity contribution in [3.05, 3.63) is 58.1 Å². The molecule has 5 heteroatoms. The molecule has 0 unspecified atom stereocenters. The van der Waals surface area contributed by atoms with Gasteiger partial charge in [0, 0.05) is 5.56 Å². The predicted molar refractivity (Wildman–Crippen MR) is 94.8 cm³/mol. The number of ether oxygens (including phenoxy) is 3. The second kappa shape index (κ2) is 7.83. The fourth-order valence-corrected chi connectivity index (χ4v) is 2.51. The maximum Gasteiger partial charge on any atom is 0.337 e. The molecule has 0 heterocycles. The lowest BCUT2D eigenvalue weighted by molar-refractivity contribution is 0.0600. The Labute approximate surface area is 147 Å². The van der Waals surface area contributed by atoms with E-state index >= 15 is 0 Å². The number of benzene rings is 2. The molecule has 2 rings (SSSR count). The normalized spacial score (nSPS) is 10.3. The van der Waals surface area contributed by atoms with E-state index in [1.165, 1.54) is 20.3 Å². The van der Waals surface area contributed by atoms with Gasteiger partial charge in [-0.25, -0.2) is 4.79 Å². The highest BCUT2D eigenvalue weighted by molar-refractivity contribution is 5.99. The molecule has 132 valence electrons. The van der Waals surface area contributed by atoms with Crippen LogP contribution in [0.15, 0.2) is 30.3 Å². The number of aryl methyl sites for hydroxylation is 3. The highest BCUT2D eigenvalue weighted by Crippen LogP contribution is 2.28. The maximum atomic E-state index is 12.5. The van der Waals surface area contributed by atoms with Gasteiger partial charge in [-0.1, -0.05) is 6.07 Å². The Morgan fingerprint density at radius 2 is 1.56 bits per heavy atom. The van der Waals surface area contributed by atoms with Crippen molar-refractivity contribution in [3.8, 4) is 11.5 Å². The van der Waals surface area contributed by atoms with Gasteiger partial charge in [-0.3, -0.25) is 4.79 Å². The van der Waals surface area contributed by atoms with E-state index in [0.29, 0.717) is 22.6 Å². The SMILES string of the molecule is COC(=O)c1ccc(OCC(=O)c2cc(C)c(C)cc2C)c(OC)c1. The van der Waals surface area contributed by atoms with E-state index in [1.807, 2.05) is 32.9 Å². The number of esters is 1. The zero-order valence-corrected chi connectivity index (χ0v) is 15.1. The lowest BCUT2D eigenvalue weighted by Gasteiger charge is -2.13. The number of hydrogen-bond donors (Lipinski definition) is 0. The number of carbonyl (C=O) groups excluding carboxylic acids is 2. The first-order valence-corrected chi connectivity index (χ1v) is 7.87. The molecule has 0 N–H and O–H groups in total. The molecule has 25 heavy (non-hydrogen) atoms. The zero-order valence-electron chi connectivity index (χ0n) is 15.1. The number of rotatable bonds is 6. The van der Waals surface area contributed by atoms with Crippen LogP contribution in [-0.4, -0.2) is 32.6 Å². The molecule has 0 atom stereocenters. The molecule has 0 aliphatic carbocycles. The molecule has 0 fully saturated rings. The molecule has 0 saturated carbocycles. The summed E-state index contributed by atoms with van der Waals surface area (Å²) in [5.74, 6) is 0.184. The summed E-state index contributed by atoms with van der Waals surface area (Å²) in [5, 5.41) is 0. The number of ketones is 1. The highest BCUT2D eigenvalue weighted by atomic mass is 16.5. The van der Waals surface area contributed by atoms with Crippen molar-refractivity contribution in [2.75, 3.05) is 20.8 Å². The van der Waals surface area contributed by atoms with Crippen molar-refractivity contribution >= 4 is 11.8 Å². The molecule has 5 nitrogen and oxygen atoms in total. The number of carbonyl (C=O) groups is 2. The summed E-state index contributed by atoms with van der Waals surface area (Å²) in [4.78, 5) is 24.1. The van der Waals surface area contributed by atoms with Crippen molar-refractivity contribution in [1.82, 2.24) is 0 Å². The Kier molecular flexibility index (Phi) is 5.80. The second-order valence-electron chi connectivity index (χ2n) is 5.82. The fourth-order valence-electron chi connectivity index (χ4n) is 2.51. The molecule has 0 aromatic heterocycles. The summed E-state index contributed by atoms with van der Waals surface area (Å²) in [6, 6.07) is 8.55. The minimum Gasteiger partial charge on any atom is -0.493 e. The van der Waals surface area contributed by atoms with Gasteiger partial charge in [-0.05, 0) is 61.7 Å². The van der Waals surface area contributed by atoms with Crippen LogP contribution in [0.1, 0.15) is 37.4 Å². The lowest BCUT2D eigenvalue weighted by Crippen LogP contribution is -2.14. The Balaban J connectivity index is 2.17. The lowest BCUT2D eigenvalue weighted by atomic mass is 9.98. The Bertz CT molecular complexity index is 808. The van der Waals surface area contributed by atoms with Crippen molar-refractivity contribution in [3.63, 3.8) is 0 Å². The van der Waals surface area contributed by atoms with E-state index in [-0.39, 0.29) is 12.4 Å². The number of Topliss-reactive ketones (excluding diaryl/α,β-unsaturated/α-hetero) is 1. The van der Waals surface area contributed by atoms with Crippen molar-refractivity contribution in [2.24, 2.45) is 0 Å². The zero-order chi connectivity index (χ0) is 18.6. The third-order valence-corrected chi connectivity index (χ3v) is 4.08. The molecule has 0 aliphatic rings. The Hall–Kier alpha value is -2.82. The molecule has 0 spiro atoms. The van der Waals surface area contributed by atoms with E-state index in [4.69, 9.17) is 9.47 Å². The van der Waals surface area contributed by atoms with Gasteiger partial charge in [-0.15, -0.1) is 0 Å². The second-order valence-corrected chi connectivity index (χ2v) is 5.82. The van der Waals surface area contributed by atoms with Gasteiger partial charge in [0.15, 0.2) is 23.9 Å². The summed E-state index contributed by atoms with van der Waals surface area (Å²) in [5.41, 5.74) is 4.13. The fraction of sp³-hybridized carbons (Fsp3) is 0.300. The average molecular weight is 342 g/mol. The molecule has 2 aromatic rings. The van der Waals surface area contributed by atoms with Crippen LogP contribution >= 0.6 is 0 Å². The molecule has 0 aliphatic heterocycles. The van der Waals surface area contributed by atoms with Crippen LogP contribution in [0.4, 0.5) is 0 Å². The van der Waals surface area contributed by atoms with Crippen molar-refractivity contribution in [1.29, 1.82) is 0 Å². The molecule has 0 saturated heterocycles. The maximum absolute atomic E-state index is 12.5. The van der Waals surface area contributed by atoms with E-state index in [2.05, 4.69) is 4.74 Å². The first-order chi connectivity index (χ1) is 11.9. The number of hydrogen-bond acceptors (Lipinski definition) is 5. The van der Waals surface area contributed by atoms with E-state index in [0.717, 1.165) is 16.7 Å². The van der Waals surface area contributed by atoms with E-state index in [1.54, 1.807) is 12.1 Å². The third kappa shape index (κ3) is 4.18. The van der Waals surface area contributed by atoms with Gasteiger partial charge in [0.2, 0.25) is 0 Å². The smallest absolute Gasteiger partial charge is 0.337 e. The predicted octanol–water partition coefficient (Wildman–Crippen LogP) is 3.67. The van der Waals surface area contributed by atoms with Gasteiger partial charge in [0.1, 0.15) is 0 Å². The van der Waals surface area contributed by atoms with Gasteiger partial charge < -0.3 is 14.2 Å². The summed E-state index contributed by atoms with van der Waals surface area (Å²) < 4.78 is 15.5. The van der Waals surface area contributed by atoms with Gasteiger partial charge in [0.25, 0.3) is 0 Å². The Morgan fingerprint density at radius 1 is 0.880 bits per heavy atom. The summed E-state index contributed by atoms with van der Waals surface area (Å²) in [7, 11) is 2.78. The van der Waals surface area contributed by atoms with Crippen LogP contribution in [0.25, 0.3) is 0 Å². The largest absolute Gasteiger partial charge is 0.493 e. The van der Waals surface area contributed by atoms with E-state index in [9.17, 15) is 9.59 Å². The third-order valence-electron chi connectivity index (χ3n) is 4.08. The van der Waals surface area contributed by atoms with Gasteiger partial charge >= 0.3 is 5.97 Å². The van der Waals surface area contributed by atoms with Gasteiger partial charge in [0.05, 0.1) is 19.8 Å². The van der Waals surface area contributed by atoms with Crippen LogP contribution in [0.5, 0.6) is 11.5 Å². The van der Waals surface area contributed by atoms with E-state index < -0.39 is 5.97 Å². The molecular weight excluding hydrogens is 320 g/mol. The molecule has 0 radical (unpaired) electrons. The molecule has 0 amide bonds. The van der Waals surface area contributed by atoms with Crippen LogP contribution in [-0.2, 0) is 4.74 Å². The molecule has 0 bridgehead atoms. The first-order valence-electron chi connectivity index (χ1n) is 7.87. The summed E-state index contributed by atoms with van der Waals surface area (Å²) in [6.45, 7) is 5.78. The van der Waals surface area contributed by atoms with Crippen LogP contribution in [0.2, 0.25) is 0 Å². The quantitative estimate of drug-likeness (QED) is 0.592. The average Bonchev–Trinajstić information content (AvgIpc) is 2.61. The molecular formula is C20H22O5. The Morgan fingerprint density at radius 3 is 2.20 bits per heavy atom. The van der Waals surface area contributed by atoms with Crippen molar-refractivity contribution < 1.29 is 23.8 Å². The minimum atomic E-state index is -0.466. The minimum absolute atomic E-state index is 0.111. The van der Waals surface area contributed by atoms with Crippen LogP contribution in [0.3, 0.4) is 0 Å². The topological polar surface area (TPSA) is 61.8 Å². The standard InChI is InChI=1S/C20H22O5/c1-12-8-14(3)16(9-13(12)2)17(21)11-25-18-7-6-15(20(22)24-5)10-19(18)23-4/h6-10H,11H2,1-5H3. The van der Waals surface area contributed by atoms with Gasteiger partial charge in [-0.2, -0.15) is 0 Å². The summed E-state index contributed by atoms with van der Waals surface area (Å²) >= 11 is 0. The highest BCUT2D eigenvalue weighted by Gasteiger charge is 2.15. The number of methoxy groups -OCH3 is 2. The van der Waals surface area contributed by atoms with Crippen molar-refractivity contribution in [2.45, 2.75) is 20.8 Å². The first kappa shape index (κ1) is 18.5.